The molecule has 3 rings (SSSR count). The van der Waals surface area contributed by atoms with E-state index in [0.29, 0.717) is 17.8 Å². The topological polar surface area (TPSA) is 59.4 Å². The van der Waals surface area contributed by atoms with Gasteiger partial charge in [0.1, 0.15) is 11.4 Å². The lowest BCUT2D eigenvalue weighted by atomic mass is 9.94. The van der Waals surface area contributed by atoms with Gasteiger partial charge in [0.05, 0.1) is 0 Å². The van der Waals surface area contributed by atoms with Crippen LogP contribution in [0.5, 0.6) is 0 Å². The molecule has 0 aromatic heterocycles. The number of hydrogen-bond donors (Lipinski definition) is 2. The third-order valence-electron chi connectivity index (χ3n) is 4.49. The Kier molecular flexibility index (Phi) is 2.23. The number of amidine groups is 1. The molecule has 3 aliphatic rings. The van der Waals surface area contributed by atoms with Crippen LogP contribution in [0.2, 0.25) is 0 Å². The summed E-state index contributed by atoms with van der Waals surface area (Å²) in [6.45, 7) is 3.79. The molecule has 2 atom stereocenters. The number of rotatable bonds is 2. The van der Waals surface area contributed by atoms with Crippen molar-refractivity contribution in [2.75, 3.05) is 20.1 Å². The fourth-order valence-electron chi connectivity index (χ4n) is 3.09. The number of carbonyl (C=O) groups is 1. The fourth-order valence-corrected chi connectivity index (χ4v) is 3.09. The molecule has 1 aliphatic carbocycles. The van der Waals surface area contributed by atoms with E-state index in [4.69, 9.17) is 5.41 Å². The third-order valence-corrected chi connectivity index (χ3v) is 4.49. The summed E-state index contributed by atoms with van der Waals surface area (Å²) >= 11 is 0. The van der Waals surface area contributed by atoms with Gasteiger partial charge >= 0.3 is 6.03 Å². The Bertz CT molecular complexity index is 367. The second-order valence-corrected chi connectivity index (χ2v) is 5.86. The van der Waals surface area contributed by atoms with E-state index >= 15 is 0 Å². The molecular weight excluding hydrogens is 216 g/mol. The first-order chi connectivity index (χ1) is 8.03. The number of hydrogen-bond acceptors (Lipinski definition) is 3. The lowest BCUT2D eigenvalue weighted by molar-refractivity contribution is 0.170. The van der Waals surface area contributed by atoms with Crippen molar-refractivity contribution in [1.82, 2.24) is 15.1 Å². The Morgan fingerprint density at radius 2 is 2.24 bits per heavy atom. The average Bonchev–Trinajstić information content (AvgIpc) is 2.98. The van der Waals surface area contributed by atoms with Crippen molar-refractivity contribution >= 4 is 11.9 Å². The monoisotopic (exact) mass is 236 g/mol. The molecule has 2 aliphatic heterocycles. The molecule has 1 saturated carbocycles. The highest BCUT2D eigenvalue weighted by molar-refractivity contribution is 6.08. The first-order valence-electron chi connectivity index (χ1n) is 6.41. The number of nitrogens with zero attached hydrogens (tertiary/aromatic N) is 2. The van der Waals surface area contributed by atoms with Crippen molar-refractivity contribution in [2.45, 2.75) is 37.8 Å². The molecule has 0 aromatic carbocycles. The van der Waals surface area contributed by atoms with Crippen LogP contribution in [0.25, 0.3) is 0 Å². The Morgan fingerprint density at radius 3 is 2.76 bits per heavy atom. The van der Waals surface area contributed by atoms with Gasteiger partial charge < -0.3 is 9.80 Å². The number of nitrogens with one attached hydrogen (secondary N) is 2. The zero-order valence-corrected chi connectivity index (χ0v) is 10.5. The summed E-state index contributed by atoms with van der Waals surface area (Å²) in [6.07, 6.45) is 3.35. The summed E-state index contributed by atoms with van der Waals surface area (Å²) in [5, 5.41) is 10.8. The molecule has 0 radical (unpaired) electrons. The van der Waals surface area contributed by atoms with E-state index in [2.05, 4.69) is 24.2 Å². The van der Waals surface area contributed by atoms with Crippen molar-refractivity contribution in [3.63, 3.8) is 0 Å². The lowest BCUT2D eigenvalue weighted by Crippen LogP contribution is -2.51. The van der Waals surface area contributed by atoms with Crippen LogP contribution in [0, 0.1) is 11.3 Å². The van der Waals surface area contributed by atoms with E-state index in [-0.39, 0.29) is 11.6 Å². The fraction of sp³-hybridized carbons (Fsp3) is 0.833. The van der Waals surface area contributed by atoms with Crippen molar-refractivity contribution in [3.05, 3.63) is 0 Å². The minimum Gasteiger partial charge on any atom is -0.310 e. The molecule has 2 unspecified atom stereocenters. The molecule has 3 fully saturated rings. The molecule has 5 heteroatoms. The van der Waals surface area contributed by atoms with Gasteiger partial charge in [0.25, 0.3) is 0 Å². The molecule has 2 N–H and O–H groups in total. The van der Waals surface area contributed by atoms with Gasteiger partial charge in [-0.15, -0.1) is 0 Å². The van der Waals surface area contributed by atoms with E-state index in [1.54, 1.807) is 0 Å². The standard InChI is InChI=1S/C12H20N4O/c1-8-5-12(7-15(8)2)10(13)14-11(17)16(12)6-9-3-4-9/h8-9H,3-7H2,1-2H3,(H2,13,14,17). The predicted molar refractivity (Wildman–Crippen MR) is 65.1 cm³/mol. The summed E-state index contributed by atoms with van der Waals surface area (Å²) in [5.74, 6) is 1.07. The Labute approximate surface area is 102 Å². The molecule has 2 heterocycles. The van der Waals surface area contributed by atoms with Crippen molar-refractivity contribution in [3.8, 4) is 0 Å². The molecule has 2 amide bonds. The van der Waals surface area contributed by atoms with Gasteiger partial charge in [0.2, 0.25) is 0 Å². The zero-order valence-electron chi connectivity index (χ0n) is 10.5. The maximum Gasteiger partial charge on any atom is 0.323 e. The van der Waals surface area contributed by atoms with Crippen LogP contribution in [-0.4, -0.2) is 53.4 Å². The van der Waals surface area contributed by atoms with Gasteiger partial charge in [-0.3, -0.25) is 10.7 Å². The first kappa shape index (κ1) is 11.0. The van der Waals surface area contributed by atoms with Crippen molar-refractivity contribution < 1.29 is 4.79 Å². The minimum atomic E-state index is -0.367. The van der Waals surface area contributed by atoms with Crippen LogP contribution in [0.15, 0.2) is 0 Å². The molecule has 2 saturated heterocycles. The quantitative estimate of drug-likeness (QED) is 0.747. The summed E-state index contributed by atoms with van der Waals surface area (Å²) < 4.78 is 0. The third kappa shape index (κ3) is 1.56. The van der Waals surface area contributed by atoms with E-state index < -0.39 is 0 Å². The number of amides is 2. The Balaban J connectivity index is 1.88. The first-order valence-corrected chi connectivity index (χ1v) is 6.41. The number of likely N-dealkylation sites (tertiary alicyclic amines) is 1. The van der Waals surface area contributed by atoms with E-state index in [9.17, 15) is 4.79 Å². The van der Waals surface area contributed by atoms with E-state index in [1.807, 2.05) is 4.90 Å². The minimum absolute atomic E-state index is 0.0654. The lowest BCUT2D eigenvalue weighted by Gasteiger charge is -2.32. The summed E-state index contributed by atoms with van der Waals surface area (Å²) in [6, 6.07) is 0.370. The van der Waals surface area contributed by atoms with Gasteiger partial charge in [-0.2, -0.15) is 0 Å². The molecule has 1 spiro atoms. The van der Waals surface area contributed by atoms with Crippen molar-refractivity contribution in [1.29, 1.82) is 5.41 Å². The van der Waals surface area contributed by atoms with Gasteiger partial charge in [0, 0.05) is 19.1 Å². The maximum atomic E-state index is 12.0. The van der Waals surface area contributed by atoms with E-state index in [0.717, 1.165) is 19.5 Å². The van der Waals surface area contributed by atoms with Gasteiger partial charge in [-0.25, -0.2) is 4.79 Å². The number of likely N-dealkylation sites (N-methyl/N-ethyl adjacent to an activating group) is 1. The van der Waals surface area contributed by atoms with Crippen LogP contribution >= 0.6 is 0 Å². The molecule has 17 heavy (non-hydrogen) atoms. The van der Waals surface area contributed by atoms with Crippen LogP contribution in [-0.2, 0) is 0 Å². The van der Waals surface area contributed by atoms with Crippen molar-refractivity contribution in [2.24, 2.45) is 5.92 Å². The summed E-state index contributed by atoms with van der Waals surface area (Å²) in [5.41, 5.74) is -0.367. The zero-order chi connectivity index (χ0) is 12.2. The summed E-state index contributed by atoms with van der Waals surface area (Å²) in [4.78, 5) is 16.1. The van der Waals surface area contributed by atoms with Crippen LogP contribution in [0.1, 0.15) is 26.2 Å². The number of urea groups is 1. The normalized spacial score (nSPS) is 38.2. The van der Waals surface area contributed by atoms with Crippen LogP contribution in [0.4, 0.5) is 4.79 Å². The highest BCUT2D eigenvalue weighted by Crippen LogP contribution is 2.39. The molecular formula is C12H20N4O. The predicted octanol–water partition coefficient (Wildman–Crippen LogP) is 0.862. The number of carbonyl (C=O) groups excluding carboxylic acids is 1. The van der Waals surface area contributed by atoms with Crippen LogP contribution < -0.4 is 5.32 Å². The summed E-state index contributed by atoms with van der Waals surface area (Å²) in [7, 11) is 2.07. The maximum absolute atomic E-state index is 12.0. The molecule has 0 aromatic rings. The molecule has 94 valence electrons. The largest absolute Gasteiger partial charge is 0.323 e. The second-order valence-electron chi connectivity index (χ2n) is 5.86. The van der Waals surface area contributed by atoms with Gasteiger partial charge in [0.15, 0.2) is 0 Å². The van der Waals surface area contributed by atoms with Gasteiger partial charge in [-0.1, -0.05) is 0 Å². The van der Waals surface area contributed by atoms with Crippen LogP contribution in [0.3, 0.4) is 0 Å². The highest BCUT2D eigenvalue weighted by Gasteiger charge is 2.55. The smallest absolute Gasteiger partial charge is 0.310 e. The molecule has 0 bridgehead atoms. The average molecular weight is 236 g/mol. The molecule has 5 nitrogen and oxygen atoms in total. The second kappa shape index (κ2) is 3.45. The SMILES string of the molecule is CC1CC2(CN1C)C(=N)NC(=O)N2CC1CC1. The Morgan fingerprint density at radius 1 is 1.53 bits per heavy atom. The Hall–Kier alpha value is -1.10. The highest BCUT2D eigenvalue weighted by atomic mass is 16.2. The van der Waals surface area contributed by atoms with E-state index in [1.165, 1.54) is 12.8 Å². The van der Waals surface area contributed by atoms with Gasteiger partial charge in [-0.05, 0) is 39.2 Å².